The Morgan fingerprint density at radius 1 is 1.35 bits per heavy atom. The molecule has 0 aromatic carbocycles. The molecule has 1 aliphatic carbocycles. The summed E-state index contributed by atoms with van der Waals surface area (Å²) in [4.78, 5) is 4.12. The minimum Gasteiger partial charge on any atom is -0.310 e. The van der Waals surface area contributed by atoms with E-state index in [0.717, 1.165) is 17.8 Å². The van der Waals surface area contributed by atoms with E-state index in [0.29, 0.717) is 15.4 Å². The average molecular weight is 329 g/mol. The molecule has 20 heavy (non-hydrogen) atoms. The lowest BCUT2D eigenvalue weighted by atomic mass is 10.3. The molecule has 0 radical (unpaired) electrons. The maximum absolute atomic E-state index is 12.2. The van der Waals surface area contributed by atoms with Gasteiger partial charge in [-0.05, 0) is 36.8 Å². The number of hydrogen-bond acceptors (Lipinski definition) is 6. The van der Waals surface area contributed by atoms with Crippen LogP contribution in [-0.4, -0.2) is 19.4 Å². The molecule has 1 aliphatic rings. The molecule has 1 saturated carbocycles. The van der Waals surface area contributed by atoms with Gasteiger partial charge in [-0.1, -0.05) is 0 Å². The molecule has 108 valence electrons. The number of anilines is 1. The number of hydrogen-bond donors (Lipinski definition) is 2. The van der Waals surface area contributed by atoms with Gasteiger partial charge in [0.1, 0.15) is 4.21 Å². The first-order valence-corrected chi connectivity index (χ1v) is 9.53. The fourth-order valence-electron chi connectivity index (χ4n) is 1.70. The number of rotatable bonds is 6. The Bertz CT molecular complexity index is 701. The molecule has 2 aromatic rings. The van der Waals surface area contributed by atoms with Crippen LogP contribution < -0.4 is 10.0 Å². The largest absolute Gasteiger partial charge is 0.310 e. The molecule has 8 heteroatoms. The number of nitrogens with one attached hydrogen (secondary N) is 2. The van der Waals surface area contributed by atoms with Crippen LogP contribution >= 0.6 is 22.7 Å². The van der Waals surface area contributed by atoms with Crippen LogP contribution in [0.1, 0.15) is 24.1 Å². The van der Waals surface area contributed by atoms with Crippen molar-refractivity contribution in [2.75, 3.05) is 4.72 Å². The molecule has 0 aliphatic heterocycles. The quantitative estimate of drug-likeness (QED) is 0.854. The lowest BCUT2D eigenvalue weighted by Gasteiger charge is -2.02. The van der Waals surface area contributed by atoms with E-state index in [2.05, 4.69) is 15.0 Å². The molecule has 1 fully saturated rings. The van der Waals surface area contributed by atoms with E-state index in [1.165, 1.54) is 35.5 Å². The molecule has 3 rings (SSSR count). The second kappa shape index (κ2) is 5.44. The summed E-state index contributed by atoms with van der Waals surface area (Å²) in [7, 11) is -3.51. The summed E-state index contributed by atoms with van der Waals surface area (Å²) in [5.41, 5.74) is 1.82. The van der Waals surface area contributed by atoms with Crippen LogP contribution in [-0.2, 0) is 16.6 Å². The number of thiazole rings is 1. The molecule has 0 saturated heterocycles. The van der Waals surface area contributed by atoms with Crippen LogP contribution in [0.15, 0.2) is 21.0 Å². The molecule has 0 bridgehead atoms. The van der Waals surface area contributed by atoms with Gasteiger partial charge in [-0.2, -0.15) is 0 Å². The third-order valence-electron chi connectivity index (χ3n) is 2.91. The lowest BCUT2D eigenvalue weighted by Crippen LogP contribution is -2.15. The standard InChI is InChI=1S/C12H15N3O2S3/c1-8-6-19-12(14-8)15-20(16,17)11-4-9(7-18-11)5-13-10-2-3-10/h4,6-7,10,13H,2-3,5H2,1H3,(H,14,15). The third kappa shape index (κ3) is 3.38. The first-order chi connectivity index (χ1) is 9.53. The van der Waals surface area contributed by atoms with Crippen molar-refractivity contribution < 1.29 is 8.42 Å². The van der Waals surface area contributed by atoms with Crippen molar-refractivity contribution in [2.24, 2.45) is 0 Å². The van der Waals surface area contributed by atoms with Gasteiger partial charge in [0, 0.05) is 18.0 Å². The third-order valence-corrected chi connectivity index (χ3v) is 6.74. The van der Waals surface area contributed by atoms with E-state index >= 15 is 0 Å². The van der Waals surface area contributed by atoms with E-state index < -0.39 is 10.0 Å². The van der Waals surface area contributed by atoms with Crippen LogP contribution in [0.4, 0.5) is 5.13 Å². The van der Waals surface area contributed by atoms with Crippen molar-refractivity contribution in [2.45, 2.75) is 36.6 Å². The molecule has 2 N–H and O–H groups in total. The Morgan fingerprint density at radius 3 is 2.80 bits per heavy atom. The van der Waals surface area contributed by atoms with Gasteiger partial charge in [-0.25, -0.2) is 13.4 Å². The van der Waals surface area contributed by atoms with Gasteiger partial charge in [-0.15, -0.1) is 22.7 Å². The monoisotopic (exact) mass is 329 g/mol. The first kappa shape index (κ1) is 14.0. The summed E-state index contributed by atoms with van der Waals surface area (Å²) in [5, 5.41) is 7.49. The molecule has 0 atom stereocenters. The average Bonchev–Trinajstić information content (AvgIpc) is 2.93. The summed E-state index contributed by atoms with van der Waals surface area (Å²) in [6, 6.07) is 2.34. The highest BCUT2D eigenvalue weighted by molar-refractivity contribution is 7.94. The van der Waals surface area contributed by atoms with Crippen molar-refractivity contribution in [1.29, 1.82) is 0 Å². The molecule has 2 heterocycles. The van der Waals surface area contributed by atoms with Crippen LogP contribution in [0.3, 0.4) is 0 Å². The minimum absolute atomic E-state index is 0.331. The molecule has 2 aromatic heterocycles. The summed E-state index contributed by atoms with van der Waals surface area (Å²) in [5.74, 6) is 0. The fourth-order valence-corrected chi connectivity index (χ4v) is 4.85. The summed E-state index contributed by atoms with van der Waals surface area (Å²) >= 11 is 2.53. The first-order valence-electron chi connectivity index (χ1n) is 6.29. The molecule has 5 nitrogen and oxygen atoms in total. The van der Waals surface area contributed by atoms with Crippen molar-refractivity contribution in [3.63, 3.8) is 0 Å². The van der Waals surface area contributed by atoms with Crippen LogP contribution in [0.5, 0.6) is 0 Å². The number of aromatic nitrogens is 1. The van der Waals surface area contributed by atoms with Gasteiger partial charge < -0.3 is 5.32 Å². The second-order valence-corrected chi connectivity index (χ2v) is 8.51. The number of aryl methyl sites for hydroxylation is 1. The number of sulfonamides is 1. The van der Waals surface area contributed by atoms with Crippen LogP contribution in [0.25, 0.3) is 0 Å². The highest BCUT2D eigenvalue weighted by atomic mass is 32.2. The molecule has 0 unspecified atom stereocenters. The molecule has 0 spiro atoms. The molecule has 0 amide bonds. The highest BCUT2D eigenvalue weighted by Crippen LogP contribution is 2.25. The smallest absolute Gasteiger partial charge is 0.273 e. The second-order valence-electron chi connectivity index (χ2n) is 4.83. The van der Waals surface area contributed by atoms with Gasteiger partial charge in [0.05, 0.1) is 5.69 Å². The normalized spacial score (nSPS) is 15.4. The van der Waals surface area contributed by atoms with E-state index in [-0.39, 0.29) is 0 Å². The van der Waals surface area contributed by atoms with Crippen LogP contribution in [0.2, 0.25) is 0 Å². The molecular weight excluding hydrogens is 314 g/mol. The van der Waals surface area contributed by atoms with Crippen LogP contribution in [0, 0.1) is 6.92 Å². The van der Waals surface area contributed by atoms with E-state index in [1.807, 2.05) is 17.7 Å². The number of nitrogens with zero attached hydrogens (tertiary/aromatic N) is 1. The van der Waals surface area contributed by atoms with Crippen molar-refractivity contribution in [1.82, 2.24) is 10.3 Å². The zero-order valence-corrected chi connectivity index (χ0v) is 13.4. The van der Waals surface area contributed by atoms with Gasteiger partial charge in [0.15, 0.2) is 5.13 Å². The van der Waals surface area contributed by atoms with Gasteiger partial charge in [0.25, 0.3) is 10.0 Å². The van der Waals surface area contributed by atoms with Gasteiger partial charge >= 0.3 is 0 Å². The van der Waals surface area contributed by atoms with Crippen molar-refractivity contribution in [3.8, 4) is 0 Å². The maximum Gasteiger partial charge on any atom is 0.273 e. The Morgan fingerprint density at radius 2 is 2.15 bits per heavy atom. The Hall–Kier alpha value is -0.960. The molecular formula is C12H15N3O2S3. The zero-order chi connectivity index (χ0) is 14.2. The summed E-state index contributed by atoms with van der Waals surface area (Å²) in [6.07, 6.45) is 2.44. The summed E-state index contributed by atoms with van der Waals surface area (Å²) in [6.45, 7) is 2.56. The van der Waals surface area contributed by atoms with Crippen molar-refractivity contribution in [3.05, 3.63) is 28.1 Å². The lowest BCUT2D eigenvalue weighted by molar-refractivity contribution is 0.603. The SMILES string of the molecule is Cc1csc(NS(=O)(=O)c2cc(CNC3CC3)cs2)n1. The van der Waals surface area contributed by atoms with E-state index in [9.17, 15) is 8.42 Å². The zero-order valence-electron chi connectivity index (χ0n) is 10.9. The van der Waals surface area contributed by atoms with Gasteiger partial charge in [-0.3, -0.25) is 4.72 Å². The maximum atomic E-state index is 12.2. The topological polar surface area (TPSA) is 71.1 Å². The highest BCUT2D eigenvalue weighted by Gasteiger charge is 2.22. The summed E-state index contributed by atoms with van der Waals surface area (Å²) < 4.78 is 27.3. The van der Waals surface area contributed by atoms with E-state index in [1.54, 1.807) is 6.07 Å². The fraction of sp³-hybridized carbons (Fsp3) is 0.417. The predicted octanol–water partition coefficient (Wildman–Crippen LogP) is 2.57. The Kier molecular flexibility index (Phi) is 3.80. The predicted molar refractivity (Wildman–Crippen MR) is 81.8 cm³/mol. The minimum atomic E-state index is -3.51. The number of thiophene rings is 1. The Balaban J connectivity index is 1.69. The van der Waals surface area contributed by atoms with Gasteiger partial charge in [0.2, 0.25) is 0 Å². The van der Waals surface area contributed by atoms with E-state index in [4.69, 9.17) is 0 Å². The Labute approximate surface area is 126 Å². The van der Waals surface area contributed by atoms with Crippen molar-refractivity contribution >= 4 is 37.8 Å².